The molecule has 1 heterocycles. The van der Waals surface area contributed by atoms with Crippen LogP contribution in [0.25, 0.3) is 5.69 Å². The number of carbonyl (C=O) groups is 3. The first-order valence-electron chi connectivity index (χ1n) is 9.40. The number of nitrogens with zero attached hydrogens (tertiary/aromatic N) is 2. The van der Waals surface area contributed by atoms with Gasteiger partial charge in [-0.2, -0.15) is 5.10 Å². The van der Waals surface area contributed by atoms with Crippen molar-refractivity contribution >= 4 is 17.9 Å². The second-order valence-electron chi connectivity index (χ2n) is 6.88. The van der Waals surface area contributed by atoms with Gasteiger partial charge in [0, 0.05) is 12.0 Å². The molecule has 1 aromatic heterocycles. The zero-order valence-corrected chi connectivity index (χ0v) is 16.0. The maximum atomic E-state index is 12.5. The number of urea groups is 1. The Balaban J connectivity index is 1.64. The molecule has 2 aromatic rings. The van der Waals surface area contributed by atoms with E-state index < -0.39 is 24.5 Å². The first-order valence-corrected chi connectivity index (χ1v) is 9.40. The molecule has 1 aliphatic rings. The highest BCUT2D eigenvalue weighted by Crippen LogP contribution is 2.39. The van der Waals surface area contributed by atoms with E-state index in [0.717, 1.165) is 30.6 Å². The molecular formula is C20H24N4O4. The number of aromatic nitrogens is 2. The van der Waals surface area contributed by atoms with Crippen molar-refractivity contribution in [3.8, 4) is 5.69 Å². The molecule has 148 valence electrons. The van der Waals surface area contributed by atoms with Crippen molar-refractivity contribution in [2.75, 3.05) is 6.61 Å². The fourth-order valence-electron chi connectivity index (χ4n) is 2.62. The van der Waals surface area contributed by atoms with E-state index in [-0.39, 0.29) is 11.7 Å². The number of esters is 1. The summed E-state index contributed by atoms with van der Waals surface area (Å²) < 4.78 is 6.64. The van der Waals surface area contributed by atoms with E-state index in [2.05, 4.69) is 15.7 Å². The van der Waals surface area contributed by atoms with Crippen LogP contribution in [0.3, 0.4) is 0 Å². The van der Waals surface area contributed by atoms with E-state index in [0.29, 0.717) is 5.92 Å². The van der Waals surface area contributed by atoms with Gasteiger partial charge in [-0.15, -0.1) is 0 Å². The number of benzene rings is 1. The molecule has 1 aliphatic carbocycles. The number of hydrogen-bond donors (Lipinski definition) is 2. The molecular weight excluding hydrogens is 360 g/mol. The second kappa shape index (κ2) is 8.69. The number of imide groups is 1. The number of carbonyl (C=O) groups excluding carboxylic acids is 3. The molecule has 3 rings (SSSR count). The Morgan fingerprint density at radius 3 is 2.61 bits per heavy atom. The van der Waals surface area contributed by atoms with E-state index in [1.54, 1.807) is 6.07 Å². The van der Waals surface area contributed by atoms with Crippen LogP contribution in [0, 0.1) is 0 Å². The van der Waals surface area contributed by atoms with Crippen LogP contribution in [0.2, 0.25) is 0 Å². The second-order valence-corrected chi connectivity index (χ2v) is 6.88. The quantitative estimate of drug-likeness (QED) is 0.714. The molecule has 0 bridgehead atoms. The molecule has 0 saturated heterocycles. The maximum Gasteiger partial charge on any atom is 0.357 e. The molecule has 28 heavy (non-hydrogen) atoms. The van der Waals surface area contributed by atoms with Crippen molar-refractivity contribution < 1.29 is 19.1 Å². The number of para-hydroxylation sites is 1. The number of ether oxygens (including phenoxy) is 1. The maximum absolute atomic E-state index is 12.5. The van der Waals surface area contributed by atoms with Gasteiger partial charge < -0.3 is 10.1 Å². The van der Waals surface area contributed by atoms with Crippen LogP contribution >= 0.6 is 0 Å². The Morgan fingerprint density at radius 2 is 1.96 bits per heavy atom. The van der Waals surface area contributed by atoms with Gasteiger partial charge in [-0.25, -0.2) is 14.3 Å². The largest absolute Gasteiger partial charge is 0.451 e. The lowest BCUT2D eigenvalue weighted by Crippen LogP contribution is -2.44. The smallest absolute Gasteiger partial charge is 0.357 e. The molecule has 1 aromatic carbocycles. The highest BCUT2D eigenvalue weighted by molar-refractivity contribution is 5.96. The van der Waals surface area contributed by atoms with Crippen LogP contribution in [0.5, 0.6) is 0 Å². The normalized spacial score (nSPS) is 14.2. The first-order chi connectivity index (χ1) is 13.5. The standard InChI is InChI=1S/C20H24N4O4/c1-3-13(2)21-20(27)22-18(25)12-28-19(26)17-11-16(14-9-10-14)23-24(17)15-7-5-4-6-8-15/h4-8,11,13-14H,3,9-10,12H2,1-2H3,(H2,21,22,25,27)/t13-/m1/s1. The van der Waals surface area contributed by atoms with Gasteiger partial charge in [0.1, 0.15) is 0 Å². The summed E-state index contributed by atoms with van der Waals surface area (Å²) in [5.74, 6) is -0.993. The third-order valence-corrected chi connectivity index (χ3v) is 4.51. The summed E-state index contributed by atoms with van der Waals surface area (Å²) in [5.41, 5.74) is 1.83. The van der Waals surface area contributed by atoms with Gasteiger partial charge in [0.25, 0.3) is 5.91 Å². The molecule has 8 heteroatoms. The number of hydrogen-bond acceptors (Lipinski definition) is 5. The summed E-state index contributed by atoms with van der Waals surface area (Å²) in [6.45, 7) is 3.19. The Kier molecular flexibility index (Phi) is 6.08. The van der Waals surface area contributed by atoms with Crippen molar-refractivity contribution in [3.05, 3.63) is 47.8 Å². The van der Waals surface area contributed by atoms with Crippen molar-refractivity contribution in [1.82, 2.24) is 20.4 Å². The van der Waals surface area contributed by atoms with Gasteiger partial charge in [-0.05, 0) is 44.4 Å². The topological polar surface area (TPSA) is 102 Å². The molecule has 8 nitrogen and oxygen atoms in total. The summed E-state index contributed by atoms with van der Waals surface area (Å²) in [6, 6.07) is 10.3. The van der Waals surface area contributed by atoms with Crippen LogP contribution in [-0.2, 0) is 9.53 Å². The summed E-state index contributed by atoms with van der Waals surface area (Å²) in [5, 5.41) is 9.28. The first kappa shape index (κ1) is 19.6. The van der Waals surface area contributed by atoms with Crippen LogP contribution in [0.1, 0.15) is 55.2 Å². The molecule has 1 atom stereocenters. The number of rotatable bonds is 7. The molecule has 3 amide bonds. The van der Waals surface area contributed by atoms with Gasteiger partial charge in [0.15, 0.2) is 12.3 Å². The average Bonchev–Trinajstić information content (AvgIpc) is 3.45. The highest BCUT2D eigenvalue weighted by atomic mass is 16.5. The van der Waals surface area contributed by atoms with Gasteiger partial charge in [0.05, 0.1) is 11.4 Å². The highest BCUT2D eigenvalue weighted by Gasteiger charge is 2.29. The molecule has 0 aliphatic heterocycles. The summed E-state index contributed by atoms with van der Waals surface area (Å²) in [7, 11) is 0. The molecule has 2 N–H and O–H groups in total. The molecule has 0 radical (unpaired) electrons. The van der Waals surface area contributed by atoms with Gasteiger partial charge in [-0.1, -0.05) is 25.1 Å². The van der Waals surface area contributed by atoms with Crippen LogP contribution in [0.15, 0.2) is 36.4 Å². The Labute approximate surface area is 163 Å². The fraction of sp³-hybridized carbons (Fsp3) is 0.400. The lowest BCUT2D eigenvalue weighted by molar-refractivity contribution is -0.123. The van der Waals surface area contributed by atoms with Gasteiger partial charge >= 0.3 is 12.0 Å². The molecule has 0 spiro atoms. The minimum absolute atomic E-state index is 0.0589. The minimum atomic E-state index is -0.692. The van der Waals surface area contributed by atoms with Crippen LogP contribution < -0.4 is 10.6 Å². The number of amides is 3. The van der Waals surface area contributed by atoms with Crippen LogP contribution in [-0.4, -0.2) is 40.3 Å². The lowest BCUT2D eigenvalue weighted by Gasteiger charge is -2.12. The van der Waals surface area contributed by atoms with Gasteiger partial charge in [0.2, 0.25) is 0 Å². The van der Waals surface area contributed by atoms with Crippen molar-refractivity contribution in [2.24, 2.45) is 0 Å². The predicted molar refractivity (Wildman–Crippen MR) is 102 cm³/mol. The Morgan fingerprint density at radius 1 is 1.25 bits per heavy atom. The predicted octanol–water partition coefficient (Wildman–Crippen LogP) is 2.53. The summed E-state index contributed by atoms with van der Waals surface area (Å²) in [4.78, 5) is 36.1. The third-order valence-electron chi connectivity index (χ3n) is 4.51. The van der Waals surface area contributed by atoms with E-state index in [1.807, 2.05) is 44.2 Å². The van der Waals surface area contributed by atoms with E-state index in [1.165, 1.54) is 4.68 Å². The molecule has 1 fully saturated rings. The minimum Gasteiger partial charge on any atom is -0.451 e. The van der Waals surface area contributed by atoms with Crippen molar-refractivity contribution in [2.45, 2.75) is 45.1 Å². The van der Waals surface area contributed by atoms with Crippen molar-refractivity contribution in [1.29, 1.82) is 0 Å². The zero-order valence-electron chi connectivity index (χ0n) is 16.0. The molecule has 1 saturated carbocycles. The van der Waals surface area contributed by atoms with Crippen molar-refractivity contribution in [3.63, 3.8) is 0 Å². The summed E-state index contributed by atoms with van der Waals surface area (Å²) in [6.07, 6.45) is 2.84. The monoisotopic (exact) mass is 384 g/mol. The third kappa shape index (κ3) is 4.97. The van der Waals surface area contributed by atoms with Gasteiger partial charge in [-0.3, -0.25) is 10.1 Å². The summed E-state index contributed by atoms with van der Waals surface area (Å²) >= 11 is 0. The molecule has 0 unspecified atom stereocenters. The average molecular weight is 384 g/mol. The van der Waals surface area contributed by atoms with E-state index in [4.69, 9.17) is 4.74 Å². The number of nitrogens with one attached hydrogen (secondary N) is 2. The van der Waals surface area contributed by atoms with E-state index >= 15 is 0 Å². The van der Waals surface area contributed by atoms with Crippen LogP contribution in [0.4, 0.5) is 4.79 Å². The Bertz CT molecular complexity index is 858. The Hall–Kier alpha value is -3.16. The van der Waals surface area contributed by atoms with E-state index in [9.17, 15) is 14.4 Å². The SMILES string of the molecule is CC[C@@H](C)NC(=O)NC(=O)COC(=O)c1cc(C2CC2)nn1-c1ccccc1. The zero-order chi connectivity index (χ0) is 20.1. The fourth-order valence-corrected chi connectivity index (χ4v) is 2.62. The lowest BCUT2D eigenvalue weighted by atomic mass is 10.2.